The third-order valence-electron chi connectivity index (χ3n) is 4.07. The molecule has 1 saturated heterocycles. The van der Waals surface area contributed by atoms with E-state index in [-0.39, 0.29) is 0 Å². The number of nitrogens with zero attached hydrogens (tertiary/aromatic N) is 1. The molecule has 2 N–H and O–H groups in total. The Hall–Kier alpha value is -1.06. The van der Waals surface area contributed by atoms with Crippen LogP contribution in [0.2, 0.25) is 0 Å². The van der Waals surface area contributed by atoms with E-state index < -0.39 is 0 Å². The van der Waals surface area contributed by atoms with E-state index in [1.54, 1.807) is 0 Å². The lowest BCUT2D eigenvalue weighted by atomic mass is 9.91. The van der Waals surface area contributed by atoms with E-state index in [1.807, 2.05) is 30.3 Å². The number of benzene rings is 1. The highest BCUT2D eigenvalue weighted by Crippen LogP contribution is 2.22. The summed E-state index contributed by atoms with van der Waals surface area (Å²) >= 11 is 0. The zero-order chi connectivity index (χ0) is 13.5. The van der Waals surface area contributed by atoms with Crippen LogP contribution in [0, 0.1) is 5.92 Å². The van der Waals surface area contributed by atoms with Gasteiger partial charge < -0.3 is 10.5 Å². The maximum absolute atomic E-state index is 5.91. The third kappa shape index (κ3) is 4.22. The van der Waals surface area contributed by atoms with Gasteiger partial charge in [0, 0.05) is 19.1 Å². The van der Waals surface area contributed by atoms with E-state index in [9.17, 15) is 0 Å². The highest BCUT2D eigenvalue weighted by molar-refractivity contribution is 5.20. The zero-order valence-corrected chi connectivity index (χ0v) is 11.9. The first-order valence-electron chi connectivity index (χ1n) is 7.43. The number of nitrogens with two attached hydrogens (primary N) is 1. The van der Waals surface area contributed by atoms with Crippen LogP contribution in [-0.2, 0) is 0 Å². The van der Waals surface area contributed by atoms with Crippen molar-refractivity contribution in [2.45, 2.75) is 32.2 Å². The molecule has 3 heteroatoms. The molecular formula is C16H26N2O. The molecule has 0 spiro atoms. The largest absolute Gasteiger partial charge is 0.494 e. The average molecular weight is 262 g/mol. The first-order valence-corrected chi connectivity index (χ1v) is 7.43. The van der Waals surface area contributed by atoms with Gasteiger partial charge in [0.05, 0.1) is 6.61 Å². The number of hydrogen-bond donors (Lipinski definition) is 1. The molecule has 1 heterocycles. The summed E-state index contributed by atoms with van der Waals surface area (Å²) in [6, 6.07) is 10.6. The van der Waals surface area contributed by atoms with Crippen molar-refractivity contribution in [2.75, 3.05) is 26.2 Å². The van der Waals surface area contributed by atoms with Crippen LogP contribution in [0.15, 0.2) is 30.3 Å². The van der Waals surface area contributed by atoms with Gasteiger partial charge in [-0.3, -0.25) is 4.90 Å². The molecule has 19 heavy (non-hydrogen) atoms. The molecule has 0 aliphatic carbocycles. The van der Waals surface area contributed by atoms with Gasteiger partial charge in [-0.25, -0.2) is 0 Å². The van der Waals surface area contributed by atoms with Crippen molar-refractivity contribution in [3.8, 4) is 5.75 Å². The van der Waals surface area contributed by atoms with Crippen molar-refractivity contribution in [3.05, 3.63) is 30.3 Å². The fourth-order valence-corrected chi connectivity index (χ4v) is 2.97. The molecule has 0 radical (unpaired) electrons. The van der Waals surface area contributed by atoms with Gasteiger partial charge in [-0.1, -0.05) is 25.1 Å². The third-order valence-corrected chi connectivity index (χ3v) is 4.07. The van der Waals surface area contributed by atoms with Crippen LogP contribution < -0.4 is 10.5 Å². The number of rotatable bonds is 6. The van der Waals surface area contributed by atoms with Crippen molar-refractivity contribution in [1.29, 1.82) is 0 Å². The molecule has 2 unspecified atom stereocenters. The second-order valence-corrected chi connectivity index (χ2v) is 5.47. The topological polar surface area (TPSA) is 38.5 Å². The van der Waals surface area contributed by atoms with Crippen LogP contribution in [0.4, 0.5) is 0 Å². The van der Waals surface area contributed by atoms with Gasteiger partial charge in [0.1, 0.15) is 5.75 Å². The lowest BCUT2D eigenvalue weighted by Crippen LogP contribution is -2.49. The van der Waals surface area contributed by atoms with Crippen molar-refractivity contribution in [3.63, 3.8) is 0 Å². The summed E-state index contributed by atoms with van der Waals surface area (Å²) in [6.45, 7) is 6.17. The normalized spacial score (nSPS) is 24.3. The van der Waals surface area contributed by atoms with Crippen LogP contribution in [0.1, 0.15) is 26.2 Å². The van der Waals surface area contributed by atoms with E-state index >= 15 is 0 Å². The summed E-state index contributed by atoms with van der Waals surface area (Å²) in [5.41, 5.74) is 5.91. The minimum atomic E-state index is 0.561. The van der Waals surface area contributed by atoms with Crippen molar-refractivity contribution in [1.82, 2.24) is 4.90 Å². The molecule has 1 fully saturated rings. The van der Waals surface area contributed by atoms with Crippen LogP contribution in [0.5, 0.6) is 5.75 Å². The lowest BCUT2D eigenvalue weighted by Gasteiger charge is -2.39. The number of hydrogen-bond acceptors (Lipinski definition) is 3. The second-order valence-electron chi connectivity index (χ2n) is 5.47. The summed E-state index contributed by atoms with van der Waals surface area (Å²) in [5, 5.41) is 0. The maximum atomic E-state index is 5.91. The molecule has 1 aromatic rings. The van der Waals surface area contributed by atoms with Gasteiger partial charge in [-0.05, 0) is 43.9 Å². The van der Waals surface area contributed by atoms with Gasteiger partial charge in [0.15, 0.2) is 0 Å². The Labute approximate surface area is 116 Å². The highest BCUT2D eigenvalue weighted by Gasteiger charge is 2.26. The summed E-state index contributed by atoms with van der Waals surface area (Å²) in [6.07, 6.45) is 3.69. The Morgan fingerprint density at radius 1 is 1.32 bits per heavy atom. The van der Waals surface area contributed by atoms with Gasteiger partial charge in [-0.15, -0.1) is 0 Å². The molecule has 0 saturated carbocycles. The number of para-hydroxylation sites is 1. The molecule has 1 aromatic carbocycles. The Morgan fingerprint density at radius 3 is 2.84 bits per heavy atom. The SMILES string of the molecule is CC1CCCN(CCCOc2ccccc2)C1CN. The van der Waals surface area contributed by atoms with Gasteiger partial charge in [0.2, 0.25) is 0 Å². The van der Waals surface area contributed by atoms with E-state index in [0.29, 0.717) is 6.04 Å². The molecule has 0 aromatic heterocycles. The molecule has 0 bridgehead atoms. The van der Waals surface area contributed by atoms with Crippen LogP contribution >= 0.6 is 0 Å². The predicted molar refractivity (Wildman–Crippen MR) is 79.4 cm³/mol. The molecular weight excluding hydrogens is 236 g/mol. The van der Waals surface area contributed by atoms with Crippen LogP contribution in [-0.4, -0.2) is 37.2 Å². The van der Waals surface area contributed by atoms with Gasteiger partial charge in [0.25, 0.3) is 0 Å². The Kier molecular flexibility index (Phi) is 5.67. The van der Waals surface area contributed by atoms with Gasteiger partial charge >= 0.3 is 0 Å². The highest BCUT2D eigenvalue weighted by atomic mass is 16.5. The molecule has 2 rings (SSSR count). The predicted octanol–water partition coefficient (Wildman–Crippen LogP) is 2.51. The van der Waals surface area contributed by atoms with Gasteiger partial charge in [-0.2, -0.15) is 0 Å². The summed E-state index contributed by atoms with van der Waals surface area (Å²) < 4.78 is 5.73. The van der Waals surface area contributed by atoms with Crippen molar-refractivity contribution >= 4 is 0 Å². The molecule has 1 aliphatic heterocycles. The van der Waals surface area contributed by atoms with E-state index in [0.717, 1.165) is 37.8 Å². The smallest absolute Gasteiger partial charge is 0.119 e. The van der Waals surface area contributed by atoms with Crippen LogP contribution in [0.25, 0.3) is 0 Å². The summed E-state index contributed by atoms with van der Waals surface area (Å²) in [4.78, 5) is 2.54. The second kappa shape index (κ2) is 7.51. The molecule has 106 valence electrons. The molecule has 3 nitrogen and oxygen atoms in total. The quantitative estimate of drug-likeness (QED) is 0.801. The molecule has 0 amide bonds. The Balaban J connectivity index is 1.70. The summed E-state index contributed by atoms with van der Waals surface area (Å²) in [7, 11) is 0. The Morgan fingerprint density at radius 2 is 2.11 bits per heavy atom. The maximum Gasteiger partial charge on any atom is 0.119 e. The fraction of sp³-hybridized carbons (Fsp3) is 0.625. The van der Waals surface area contributed by atoms with E-state index in [1.165, 1.54) is 19.4 Å². The number of piperidine rings is 1. The molecule has 1 aliphatic rings. The standard InChI is InChI=1S/C16H26N2O/c1-14-7-5-10-18(16(14)13-17)11-6-12-19-15-8-3-2-4-9-15/h2-4,8-9,14,16H,5-7,10-13,17H2,1H3. The molecule has 2 atom stereocenters. The average Bonchev–Trinajstić information content (AvgIpc) is 2.45. The number of ether oxygens (including phenoxy) is 1. The van der Waals surface area contributed by atoms with E-state index in [4.69, 9.17) is 10.5 Å². The monoisotopic (exact) mass is 262 g/mol. The minimum absolute atomic E-state index is 0.561. The minimum Gasteiger partial charge on any atom is -0.494 e. The van der Waals surface area contributed by atoms with Crippen molar-refractivity contribution < 1.29 is 4.74 Å². The fourth-order valence-electron chi connectivity index (χ4n) is 2.97. The number of likely N-dealkylation sites (tertiary alicyclic amines) is 1. The lowest BCUT2D eigenvalue weighted by molar-refractivity contribution is 0.0995. The first-order chi connectivity index (χ1) is 9.31. The summed E-state index contributed by atoms with van der Waals surface area (Å²) in [5.74, 6) is 1.69. The first kappa shape index (κ1) is 14.4. The van der Waals surface area contributed by atoms with Crippen molar-refractivity contribution in [2.24, 2.45) is 11.7 Å². The Bertz CT molecular complexity index is 355. The zero-order valence-electron chi connectivity index (χ0n) is 11.9. The van der Waals surface area contributed by atoms with Crippen LogP contribution in [0.3, 0.4) is 0 Å². The van der Waals surface area contributed by atoms with E-state index in [2.05, 4.69) is 11.8 Å².